The highest BCUT2D eigenvalue weighted by Gasteiger charge is 2.19. The van der Waals surface area contributed by atoms with Crippen LogP contribution >= 0.6 is 11.6 Å². The molecule has 0 bridgehead atoms. The van der Waals surface area contributed by atoms with Crippen LogP contribution in [0.5, 0.6) is 0 Å². The van der Waals surface area contributed by atoms with Crippen LogP contribution in [-0.2, 0) is 10.0 Å². The van der Waals surface area contributed by atoms with Gasteiger partial charge in [0.25, 0.3) is 10.0 Å². The van der Waals surface area contributed by atoms with Crippen molar-refractivity contribution in [2.75, 3.05) is 10.5 Å². The second kappa shape index (κ2) is 4.51. The number of hydrogen-bond acceptors (Lipinski definition) is 4. The van der Waals surface area contributed by atoms with Gasteiger partial charge >= 0.3 is 0 Å². The first-order chi connectivity index (χ1) is 8.40. The minimum atomic E-state index is -3.74. The molecule has 0 unspecified atom stereocenters. The Morgan fingerprint density at radius 2 is 2.17 bits per heavy atom. The third kappa shape index (κ3) is 2.41. The molecule has 0 spiro atoms. The Hall–Kier alpha value is -1.73. The summed E-state index contributed by atoms with van der Waals surface area (Å²) in [6.07, 6.45) is 2.96. The lowest BCUT2D eigenvalue weighted by Gasteiger charge is -2.10. The van der Waals surface area contributed by atoms with Crippen molar-refractivity contribution < 1.29 is 8.42 Å². The zero-order valence-corrected chi connectivity index (χ0v) is 11.0. The first-order valence-corrected chi connectivity index (χ1v) is 6.84. The Morgan fingerprint density at radius 3 is 2.78 bits per heavy atom. The molecule has 2 aromatic rings. The standard InChI is InChI=1S/C10H11ClN4O2S/c1-6-4-7(11)8(12)5-9(6)18(16,17)15-10-13-2-3-14-10/h2-5H,12H2,1H3,(H2,13,14,15). The van der Waals surface area contributed by atoms with Crippen molar-refractivity contribution in [3.05, 3.63) is 35.1 Å². The van der Waals surface area contributed by atoms with Gasteiger partial charge in [0, 0.05) is 12.4 Å². The summed E-state index contributed by atoms with van der Waals surface area (Å²) in [4.78, 5) is 6.51. The van der Waals surface area contributed by atoms with E-state index in [1.807, 2.05) is 0 Å². The molecular weight excluding hydrogens is 276 g/mol. The number of benzene rings is 1. The fourth-order valence-corrected chi connectivity index (χ4v) is 2.92. The minimum Gasteiger partial charge on any atom is -0.397 e. The lowest BCUT2D eigenvalue weighted by Crippen LogP contribution is -2.15. The molecule has 4 N–H and O–H groups in total. The highest BCUT2D eigenvalue weighted by atomic mass is 35.5. The van der Waals surface area contributed by atoms with Gasteiger partial charge in [-0.15, -0.1) is 0 Å². The molecule has 0 fully saturated rings. The molecule has 0 radical (unpaired) electrons. The first kappa shape index (κ1) is 12.7. The maximum absolute atomic E-state index is 12.1. The summed E-state index contributed by atoms with van der Waals surface area (Å²) in [5.41, 5.74) is 6.33. The number of nitrogens with zero attached hydrogens (tertiary/aromatic N) is 1. The van der Waals surface area contributed by atoms with Crippen molar-refractivity contribution in [1.29, 1.82) is 0 Å². The van der Waals surface area contributed by atoms with E-state index >= 15 is 0 Å². The van der Waals surface area contributed by atoms with Gasteiger partial charge < -0.3 is 10.7 Å². The zero-order valence-electron chi connectivity index (χ0n) is 9.44. The Balaban J connectivity index is 2.44. The number of nitrogens with two attached hydrogens (primary N) is 1. The second-order valence-electron chi connectivity index (χ2n) is 3.68. The molecule has 0 atom stereocenters. The van der Waals surface area contributed by atoms with Crippen molar-refractivity contribution in [1.82, 2.24) is 9.97 Å². The molecule has 6 nitrogen and oxygen atoms in total. The molecule has 1 heterocycles. The van der Waals surface area contributed by atoms with Crippen LogP contribution in [0.1, 0.15) is 5.56 Å². The van der Waals surface area contributed by atoms with Gasteiger partial charge in [-0.25, -0.2) is 18.1 Å². The summed E-state index contributed by atoms with van der Waals surface area (Å²) in [5, 5.41) is 0.324. The summed E-state index contributed by atoms with van der Waals surface area (Å²) in [6.45, 7) is 1.64. The molecule has 1 aromatic carbocycles. The van der Waals surface area contributed by atoms with Gasteiger partial charge in [-0.05, 0) is 24.6 Å². The van der Waals surface area contributed by atoms with Gasteiger partial charge in [-0.1, -0.05) is 11.6 Å². The Bertz CT molecular complexity index is 667. The van der Waals surface area contributed by atoms with E-state index in [1.165, 1.54) is 24.5 Å². The van der Waals surface area contributed by atoms with Gasteiger partial charge in [-0.3, -0.25) is 0 Å². The fourth-order valence-electron chi connectivity index (χ4n) is 1.46. The number of rotatable bonds is 3. The third-order valence-corrected chi connectivity index (χ3v) is 4.12. The van der Waals surface area contributed by atoms with Crippen molar-refractivity contribution in [2.24, 2.45) is 0 Å². The molecule has 0 saturated heterocycles. The van der Waals surface area contributed by atoms with Crippen LogP contribution in [0.3, 0.4) is 0 Å². The molecular formula is C10H11ClN4O2S. The predicted octanol–water partition coefficient (Wildman–Crippen LogP) is 1.75. The van der Waals surface area contributed by atoms with Crippen molar-refractivity contribution >= 4 is 33.3 Å². The van der Waals surface area contributed by atoms with Crippen LogP contribution in [0.4, 0.5) is 11.6 Å². The number of nitrogen functional groups attached to an aromatic ring is 1. The largest absolute Gasteiger partial charge is 0.397 e. The summed E-state index contributed by atoms with van der Waals surface area (Å²) < 4.78 is 26.5. The first-order valence-electron chi connectivity index (χ1n) is 4.98. The number of sulfonamides is 1. The quantitative estimate of drug-likeness (QED) is 0.748. The Morgan fingerprint density at radius 1 is 1.44 bits per heavy atom. The van der Waals surface area contributed by atoms with Gasteiger partial charge in [0.05, 0.1) is 15.6 Å². The number of H-pyrrole nitrogens is 1. The average Bonchev–Trinajstić information content (AvgIpc) is 2.75. The summed E-state index contributed by atoms with van der Waals surface area (Å²) in [7, 11) is -3.74. The van der Waals surface area contributed by atoms with E-state index in [0.29, 0.717) is 10.6 Å². The molecule has 1 aromatic heterocycles. The molecule has 8 heteroatoms. The number of aromatic amines is 1. The van der Waals surface area contributed by atoms with E-state index in [-0.39, 0.29) is 16.5 Å². The van der Waals surface area contributed by atoms with E-state index in [1.54, 1.807) is 6.92 Å². The molecule has 0 amide bonds. The van der Waals surface area contributed by atoms with E-state index in [9.17, 15) is 8.42 Å². The van der Waals surface area contributed by atoms with Gasteiger partial charge in [-0.2, -0.15) is 0 Å². The molecule has 0 aliphatic carbocycles. The van der Waals surface area contributed by atoms with Crippen molar-refractivity contribution in [3.63, 3.8) is 0 Å². The molecule has 2 rings (SSSR count). The van der Waals surface area contributed by atoms with Gasteiger partial charge in [0.1, 0.15) is 0 Å². The number of aromatic nitrogens is 2. The van der Waals surface area contributed by atoms with E-state index in [4.69, 9.17) is 17.3 Å². The highest BCUT2D eigenvalue weighted by molar-refractivity contribution is 7.92. The third-order valence-electron chi connectivity index (χ3n) is 2.31. The second-order valence-corrected chi connectivity index (χ2v) is 5.74. The number of anilines is 2. The summed E-state index contributed by atoms with van der Waals surface area (Å²) in [6, 6.07) is 2.83. The van der Waals surface area contributed by atoms with Gasteiger partial charge in [0.15, 0.2) is 0 Å². The molecule has 96 valence electrons. The van der Waals surface area contributed by atoms with E-state index in [2.05, 4.69) is 14.7 Å². The number of nitrogens with one attached hydrogen (secondary N) is 2. The maximum Gasteiger partial charge on any atom is 0.264 e. The highest BCUT2D eigenvalue weighted by Crippen LogP contribution is 2.26. The number of hydrogen-bond donors (Lipinski definition) is 3. The SMILES string of the molecule is Cc1cc(Cl)c(N)cc1S(=O)(=O)Nc1ncc[nH]1. The fraction of sp³-hybridized carbons (Fsp3) is 0.100. The summed E-state index contributed by atoms with van der Waals surface area (Å²) >= 11 is 5.82. The minimum absolute atomic E-state index is 0.0702. The molecule has 0 aliphatic heterocycles. The van der Waals surface area contributed by atoms with Crippen LogP contribution in [0.25, 0.3) is 0 Å². The van der Waals surface area contributed by atoms with Crippen LogP contribution in [-0.4, -0.2) is 18.4 Å². The van der Waals surface area contributed by atoms with Crippen LogP contribution < -0.4 is 10.5 Å². The zero-order chi connectivity index (χ0) is 13.3. The number of imidazole rings is 1. The van der Waals surface area contributed by atoms with Gasteiger partial charge in [0.2, 0.25) is 5.95 Å². The average molecular weight is 287 g/mol. The van der Waals surface area contributed by atoms with Crippen molar-refractivity contribution in [2.45, 2.75) is 11.8 Å². The molecule has 18 heavy (non-hydrogen) atoms. The lowest BCUT2D eigenvalue weighted by atomic mass is 10.2. The number of aryl methyl sites for hydroxylation is 1. The van der Waals surface area contributed by atoms with Crippen LogP contribution in [0, 0.1) is 6.92 Å². The molecule has 0 aliphatic rings. The normalized spacial score (nSPS) is 11.4. The predicted molar refractivity (Wildman–Crippen MR) is 70.0 cm³/mol. The maximum atomic E-state index is 12.1. The summed E-state index contributed by atoms with van der Waals surface area (Å²) in [5.74, 6) is 0.142. The molecule has 0 saturated carbocycles. The Labute approximate surface area is 109 Å². The van der Waals surface area contributed by atoms with Crippen LogP contribution in [0.15, 0.2) is 29.4 Å². The Kier molecular flexibility index (Phi) is 3.18. The van der Waals surface area contributed by atoms with Crippen LogP contribution in [0.2, 0.25) is 5.02 Å². The number of halogens is 1. The van der Waals surface area contributed by atoms with Crippen molar-refractivity contribution in [3.8, 4) is 0 Å². The monoisotopic (exact) mass is 286 g/mol. The topological polar surface area (TPSA) is 101 Å². The smallest absolute Gasteiger partial charge is 0.264 e. The lowest BCUT2D eigenvalue weighted by molar-refractivity contribution is 0.600. The van der Waals surface area contributed by atoms with E-state index in [0.717, 1.165) is 0 Å². The van der Waals surface area contributed by atoms with E-state index < -0.39 is 10.0 Å².